The summed E-state index contributed by atoms with van der Waals surface area (Å²) in [6, 6.07) is 3.85. The number of terminal acetylenes is 1. The predicted octanol–water partition coefficient (Wildman–Crippen LogP) is 3.50. The van der Waals surface area contributed by atoms with Crippen molar-refractivity contribution in [3.8, 4) is 23.8 Å². The first-order valence-corrected chi connectivity index (χ1v) is 6.07. The molecule has 3 nitrogen and oxygen atoms in total. The second kappa shape index (κ2) is 5.17. The third-order valence-corrected chi connectivity index (χ3v) is 3.16. The molecule has 0 saturated carbocycles. The number of aromatic nitrogens is 2. The molecule has 2 aromatic rings. The van der Waals surface area contributed by atoms with Gasteiger partial charge in [-0.05, 0) is 38.0 Å². The number of benzene rings is 1. The molecule has 0 bridgehead atoms. The summed E-state index contributed by atoms with van der Waals surface area (Å²) >= 11 is 0. The topological polar surface area (TPSA) is 27.1 Å². The Hall–Kier alpha value is -2.42. The monoisotopic (exact) mass is 294 g/mol. The Morgan fingerprint density at radius 2 is 1.95 bits per heavy atom. The van der Waals surface area contributed by atoms with Crippen LogP contribution in [0.15, 0.2) is 18.2 Å². The van der Waals surface area contributed by atoms with Gasteiger partial charge in [0.2, 0.25) is 0 Å². The van der Waals surface area contributed by atoms with Gasteiger partial charge >= 0.3 is 6.18 Å². The van der Waals surface area contributed by atoms with Crippen molar-refractivity contribution in [2.24, 2.45) is 0 Å². The zero-order valence-electron chi connectivity index (χ0n) is 11.7. The average Bonchev–Trinajstić information content (AvgIpc) is 2.71. The van der Waals surface area contributed by atoms with Crippen LogP contribution in [0.3, 0.4) is 0 Å². The quantitative estimate of drug-likeness (QED) is 0.793. The van der Waals surface area contributed by atoms with Crippen LogP contribution in [0, 0.1) is 26.2 Å². The fourth-order valence-corrected chi connectivity index (χ4v) is 2.22. The minimum absolute atomic E-state index is 0.223. The van der Waals surface area contributed by atoms with Crippen LogP contribution in [-0.2, 0) is 6.18 Å². The lowest BCUT2D eigenvalue weighted by molar-refractivity contribution is -0.138. The van der Waals surface area contributed by atoms with E-state index >= 15 is 0 Å². The number of ether oxygens (including phenoxy) is 1. The van der Waals surface area contributed by atoms with Crippen molar-refractivity contribution < 1.29 is 17.9 Å². The van der Waals surface area contributed by atoms with Crippen LogP contribution in [-0.4, -0.2) is 16.7 Å². The zero-order chi connectivity index (χ0) is 15.8. The minimum Gasteiger partial charge on any atom is -0.496 e. The molecule has 0 aliphatic carbocycles. The van der Waals surface area contributed by atoms with E-state index < -0.39 is 11.7 Å². The van der Waals surface area contributed by atoms with Crippen molar-refractivity contribution >= 4 is 0 Å². The number of aryl methyl sites for hydroxylation is 1. The summed E-state index contributed by atoms with van der Waals surface area (Å²) in [5.74, 6) is 2.72. The molecule has 0 fully saturated rings. The molecule has 21 heavy (non-hydrogen) atoms. The highest BCUT2D eigenvalue weighted by Crippen LogP contribution is 2.37. The summed E-state index contributed by atoms with van der Waals surface area (Å²) in [5.41, 5.74) is 0.537. The number of halogens is 3. The van der Waals surface area contributed by atoms with E-state index in [0.29, 0.717) is 22.9 Å². The van der Waals surface area contributed by atoms with Gasteiger partial charge in [-0.1, -0.05) is 0 Å². The van der Waals surface area contributed by atoms with Crippen molar-refractivity contribution in [1.82, 2.24) is 9.55 Å². The van der Waals surface area contributed by atoms with Crippen LogP contribution in [0.5, 0.6) is 5.75 Å². The van der Waals surface area contributed by atoms with E-state index in [2.05, 4.69) is 10.9 Å². The van der Waals surface area contributed by atoms with Gasteiger partial charge in [-0.3, -0.25) is 4.57 Å². The second-order valence-corrected chi connectivity index (χ2v) is 4.46. The maximum atomic E-state index is 13.1. The van der Waals surface area contributed by atoms with Crippen molar-refractivity contribution in [1.29, 1.82) is 0 Å². The third-order valence-electron chi connectivity index (χ3n) is 3.16. The predicted molar refractivity (Wildman–Crippen MR) is 72.5 cm³/mol. The third kappa shape index (κ3) is 2.59. The van der Waals surface area contributed by atoms with Gasteiger partial charge in [-0.15, -0.1) is 6.42 Å². The van der Waals surface area contributed by atoms with Gasteiger partial charge in [-0.2, -0.15) is 13.2 Å². The fraction of sp³-hybridized carbons (Fsp3) is 0.267. The van der Waals surface area contributed by atoms with Gasteiger partial charge in [0, 0.05) is 5.69 Å². The molecule has 0 amide bonds. The molecule has 1 heterocycles. The summed E-state index contributed by atoms with van der Waals surface area (Å²) < 4.78 is 45.6. The Bertz CT molecular complexity index is 724. The van der Waals surface area contributed by atoms with Gasteiger partial charge in [0.05, 0.1) is 18.4 Å². The average molecular weight is 294 g/mol. The number of methoxy groups -OCH3 is 1. The highest BCUT2D eigenvalue weighted by Gasteiger charge is 2.34. The molecule has 2 rings (SSSR count). The van der Waals surface area contributed by atoms with Crippen LogP contribution >= 0.6 is 0 Å². The normalized spacial score (nSPS) is 11.3. The van der Waals surface area contributed by atoms with Gasteiger partial charge in [0.25, 0.3) is 0 Å². The first-order chi connectivity index (χ1) is 9.79. The Labute approximate surface area is 120 Å². The molecule has 110 valence electrons. The first kappa shape index (κ1) is 15.0. The molecule has 0 radical (unpaired) electrons. The molecule has 0 saturated heterocycles. The largest absolute Gasteiger partial charge is 0.496 e. The molecule has 0 aliphatic rings. The van der Waals surface area contributed by atoms with Gasteiger partial charge in [0.1, 0.15) is 17.3 Å². The minimum atomic E-state index is -4.50. The molecular weight excluding hydrogens is 281 g/mol. The molecule has 1 aromatic heterocycles. The lowest BCUT2D eigenvalue weighted by Gasteiger charge is -2.15. The van der Waals surface area contributed by atoms with Gasteiger partial charge in [0.15, 0.2) is 0 Å². The summed E-state index contributed by atoms with van der Waals surface area (Å²) in [6.07, 6.45) is 0.829. The van der Waals surface area contributed by atoms with E-state index in [1.54, 1.807) is 18.4 Å². The molecule has 6 heteroatoms. The smallest absolute Gasteiger partial charge is 0.420 e. The van der Waals surface area contributed by atoms with Crippen molar-refractivity contribution in [3.63, 3.8) is 0 Å². The van der Waals surface area contributed by atoms with Crippen molar-refractivity contribution in [2.45, 2.75) is 20.0 Å². The SMILES string of the molecule is C#Cc1nc(C)n(-c2ccc(OC)c(C(F)(F)F)c2)c1C. The number of alkyl halides is 3. The Morgan fingerprint density at radius 3 is 2.43 bits per heavy atom. The van der Waals surface area contributed by atoms with E-state index in [1.165, 1.54) is 19.2 Å². The Balaban J connectivity index is 2.67. The molecule has 0 aliphatic heterocycles. The van der Waals surface area contributed by atoms with E-state index in [9.17, 15) is 13.2 Å². The van der Waals surface area contributed by atoms with E-state index in [4.69, 9.17) is 11.2 Å². The molecular formula is C15H13F3N2O. The Morgan fingerprint density at radius 1 is 1.29 bits per heavy atom. The zero-order valence-corrected chi connectivity index (χ0v) is 11.7. The van der Waals surface area contributed by atoms with Crippen LogP contribution in [0.2, 0.25) is 0 Å². The van der Waals surface area contributed by atoms with Crippen LogP contribution in [0.4, 0.5) is 13.2 Å². The van der Waals surface area contributed by atoms with Gasteiger partial charge < -0.3 is 4.74 Å². The molecule has 0 spiro atoms. The summed E-state index contributed by atoms with van der Waals surface area (Å²) in [6.45, 7) is 3.40. The fourth-order valence-electron chi connectivity index (χ4n) is 2.22. The lowest BCUT2D eigenvalue weighted by Crippen LogP contribution is -2.09. The van der Waals surface area contributed by atoms with E-state index in [0.717, 1.165) is 6.07 Å². The van der Waals surface area contributed by atoms with Crippen molar-refractivity contribution in [3.05, 3.63) is 41.0 Å². The number of hydrogen-bond acceptors (Lipinski definition) is 2. The highest BCUT2D eigenvalue weighted by molar-refractivity contribution is 5.48. The second-order valence-electron chi connectivity index (χ2n) is 4.46. The number of nitrogens with zero attached hydrogens (tertiary/aromatic N) is 2. The maximum Gasteiger partial charge on any atom is 0.420 e. The molecule has 0 N–H and O–H groups in total. The standard InChI is InChI=1S/C15H13F3N2O/c1-5-13-9(2)20(10(3)19-13)11-6-7-14(21-4)12(8-11)15(16,17)18/h1,6-8H,2-4H3. The lowest BCUT2D eigenvalue weighted by atomic mass is 10.1. The van der Waals surface area contributed by atoms with Crippen molar-refractivity contribution in [2.75, 3.05) is 7.11 Å². The van der Waals surface area contributed by atoms with Crippen LogP contribution in [0.25, 0.3) is 5.69 Å². The van der Waals surface area contributed by atoms with Crippen LogP contribution in [0.1, 0.15) is 22.8 Å². The highest BCUT2D eigenvalue weighted by atomic mass is 19.4. The van der Waals surface area contributed by atoms with Gasteiger partial charge in [-0.25, -0.2) is 4.98 Å². The maximum absolute atomic E-state index is 13.1. The summed E-state index contributed by atoms with van der Waals surface area (Å²) in [4.78, 5) is 4.15. The van der Waals surface area contributed by atoms with E-state index in [-0.39, 0.29) is 5.75 Å². The Kier molecular flexibility index (Phi) is 3.69. The number of imidazole rings is 1. The molecule has 0 unspecified atom stereocenters. The summed E-state index contributed by atoms with van der Waals surface area (Å²) in [5, 5.41) is 0. The summed E-state index contributed by atoms with van der Waals surface area (Å²) in [7, 11) is 1.20. The molecule has 1 aromatic carbocycles. The molecule has 0 atom stereocenters. The van der Waals surface area contributed by atoms with E-state index in [1.807, 2.05) is 0 Å². The van der Waals surface area contributed by atoms with Crippen LogP contribution < -0.4 is 4.74 Å². The number of hydrogen-bond donors (Lipinski definition) is 0. The number of rotatable bonds is 2. The first-order valence-electron chi connectivity index (χ1n) is 6.07.